The fourth-order valence-corrected chi connectivity index (χ4v) is 5.88. The normalized spacial score (nSPS) is 26.4. The summed E-state index contributed by atoms with van der Waals surface area (Å²) in [6.07, 6.45) is 0. The van der Waals surface area contributed by atoms with Crippen LogP contribution in [0, 0.1) is 0 Å². The van der Waals surface area contributed by atoms with Crippen molar-refractivity contribution in [1.82, 2.24) is 9.45 Å². The van der Waals surface area contributed by atoms with Crippen LogP contribution >= 0.6 is 42.8 Å². The molecule has 0 aromatic heterocycles. The second-order valence-electron chi connectivity index (χ2n) is 2.86. The van der Waals surface area contributed by atoms with Crippen LogP contribution in [0.25, 0.3) is 0 Å². The minimum atomic E-state index is -0.534. The zero-order chi connectivity index (χ0) is 10.3. The molecular weight excluding hydrogens is 255 g/mol. The lowest BCUT2D eigenvalue weighted by molar-refractivity contribution is 0.617. The van der Waals surface area contributed by atoms with E-state index in [9.17, 15) is 0 Å². The van der Waals surface area contributed by atoms with Crippen molar-refractivity contribution in [3.8, 4) is 0 Å². The van der Waals surface area contributed by atoms with E-state index in [1.54, 1.807) is 23.1 Å². The summed E-state index contributed by atoms with van der Waals surface area (Å²) in [5, 5.41) is 6.39. The number of thioether (sulfide) groups is 1. The van der Waals surface area contributed by atoms with Crippen LogP contribution < -0.4 is 0 Å². The van der Waals surface area contributed by atoms with Crippen LogP contribution in [0.1, 0.15) is 6.92 Å². The number of aliphatic imine (C=N–C) groups is 1. The minimum Gasteiger partial charge on any atom is -0.261 e. The SMILES string of the molecule is CC1=NN2C(=NC(=S)SP2N(C)C)S1. The number of rotatable bonds is 1. The molecule has 0 radical (unpaired) electrons. The summed E-state index contributed by atoms with van der Waals surface area (Å²) >= 11 is 8.34. The van der Waals surface area contributed by atoms with Crippen molar-refractivity contribution in [2.75, 3.05) is 14.1 Å². The van der Waals surface area contributed by atoms with Gasteiger partial charge in [0.1, 0.15) is 0 Å². The van der Waals surface area contributed by atoms with E-state index < -0.39 is 7.42 Å². The zero-order valence-electron chi connectivity index (χ0n) is 7.96. The topological polar surface area (TPSA) is 31.2 Å². The van der Waals surface area contributed by atoms with E-state index in [2.05, 4.69) is 14.8 Å². The molecule has 4 nitrogen and oxygen atoms in total. The Balaban J connectivity index is 2.31. The molecule has 0 N–H and O–H groups in total. The fourth-order valence-electron chi connectivity index (χ4n) is 1.01. The standard InChI is InChI=1S/C6H9N4PS3/c1-4-8-10-5(13-4)7-6(12)14-11(10)9(2)3/h1-3H3. The first-order chi connectivity index (χ1) is 6.58. The van der Waals surface area contributed by atoms with E-state index >= 15 is 0 Å². The van der Waals surface area contributed by atoms with Gasteiger partial charge >= 0.3 is 0 Å². The molecule has 0 spiro atoms. The molecule has 8 heteroatoms. The minimum absolute atomic E-state index is 0.534. The van der Waals surface area contributed by atoms with Crippen LogP contribution in [0.5, 0.6) is 0 Å². The highest BCUT2D eigenvalue weighted by atomic mass is 32.7. The summed E-state index contributed by atoms with van der Waals surface area (Å²) in [5.41, 5.74) is 0. The predicted octanol–water partition coefficient (Wildman–Crippen LogP) is 2.54. The van der Waals surface area contributed by atoms with Gasteiger partial charge < -0.3 is 0 Å². The van der Waals surface area contributed by atoms with Gasteiger partial charge in [0.05, 0.1) is 5.04 Å². The van der Waals surface area contributed by atoms with Crippen molar-refractivity contribution in [1.29, 1.82) is 0 Å². The molecule has 2 aliphatic heterocycles. The van der Waals surface area contributed by atoms with Gasteiger partial charge in [-0.1, -0.05) is 0 Å². The molecule has 2 heterocycles. The van der Waals surface area contributed by atoms with Gasteiger partial charge in [-0.25, -0.2) is 4.99 Å². The molecule has 2 rings (SSSR count). The molecule has 0 aliphatic carbocycles. The number of hydrogen-bond acceptors (Lipinski definition) is 6. The molecule has 1 unspecified atom stereocenters. The van der Waals surface area contributed by atoms with Gasteiger partial charge in [0, 0.05) is 0 Å². The zero-order valence-corrected chi connectivity index (χ0v) is 11.3. The number of hydrazone groups is 1. The summed E-state index contributed by atoms with van der Waals surface area (Å²) in [4.78, 5) is 4.30. The highest BCUT2D eigenvalue weighted by Gasteiger charge is 2.35. The maximum absolute atomic E-state index is 5.14. The van der Waals surface area contributed by atoms with Crippen molar-refractivity contribution in [2.24, 2.45) is 10.1 Å². The van der Waals surface area contributed by atoms with Crippen LogP contribution in [0.2, 0.25) is 0 Å². The van der Waals surface area contributed by atoms with Crippen LogP contribution in [-0.2, 0) is 0 Å². The maximum atomic E-state index is 5.14. The van der Waals surface area contributed by atoms with Crippen molar-refractivity contribution in [2.45, 2.75) is 6.92 Å². The third kappa shape index (κ3) is 1.97. The van der Waals surface area contributed by atoms with E-state index in [-0.39, 0.29) is 0 Å². The van der Waals surface area contributed by atoms with Crippen LogP contribution in [-0.4, -0.2) is 38.1 Å². The summed E-state index contributed by atoms with van der Waals surface area (Å²) in [6, 6.07) is 0. The lowest BCUT2D eigenvalue weighted by Crippen LogP contribution is -2.23. The second-order valence-corrected chi connectivity index (χ2v) is 8.45. The first kappa shape index (κ1) is 10.8. The van der Waals surface area contributed by atoms with Gasteiger partial charge in [0.25, 0.3) is 0 Å². The van der Waals surface area contributed by atoms with Crippen molar-refractivity contribution < 1.29 is 0 Å². The van der Waals surface area contributed by atoms with Crippen molar-refractivity contribution in [3.63, 3.8) is 0 Å². The van der Waals surface area contributed by atoms with Gasteiger partial charge in [0.2, 0.25) is 0 Å². The Hall–Kier alpha value is 0.320. The fraction of sp³-hybridized carbons (Fsp3) is 0.500. The van der Waals surface area contributed by atoms with E-state index in [1.165, 1.54) is 0 Å². The van der Waals surface area contributed by atoms with Gasteiger partial charge in [-0.2, -0.15) is 9.88 Å². The van der Waals surface area contributed by atoms with Crippen molar-refractivity contribution >= 4 is 57.3 Å². The van der Waals surface area contributed by atoms with Crippen LogP contribution in [0.15, 0.2) is 10.1 Å². The van der Waals surface area contributed by atoms with Gasteiger partial charge in [-0.3, -0.25) is 4.67 Å². The second kappa shape index (κ2) is 4.06. The third-order valence-corrected chi connectivity index (χ3v) is 7.32. The predicted molar refractivity (Wildman–Crippen MR) is 70.8 cm³/mol. The van der Waals surface area contributed by atoms with Gasteiger partial charge in [-0.05, 0) is 56.4 Å². The summed E-state index contributed by atoms with van der Waals surface area (Å²) < 4.78 is 4.84. The Morgan fingerprint density at radius 1 is 1.50 bits per heavy atom. The number of thiocarbonyl (C=S) groups is 1. The Bertz CT molecular complexity index is 340. The maximum Gasteiger partial charge on any atom is 0.197 e. The molecule has 14 heavy (non-hydrogen) atoms. The molecule has 2 aliphatic rings. The first-order valence-corrected chi connectivity index (χ1v) is 7.78. The lowest BCUT2D eigenvalue weighted by Gasteiger charge is -2.31. The molecular formula is C6H9N4PS3. The lowest BCUT2D eigenvalue weighted by atomic mass is 10.9. The molecule has 0 saturated carbocycles. The quantitative estimate of drug-likeness (QED) is 0.536. The molecule has 0 saturated heterocycles. The van der Waals surface area contributed by atoms with Crippen LogP contribution in [0.3, 0.4) is 0 Å². The van der Waals surface area contributed by atoms with Gasteiger partial charge in [0.15, 0.2) is 16.9 Å². The van der Waals surface area contributed by atoms with E-state index in [4.69, 9.17) is 12.2 Å². The molecule has 0 amide bonds. The molecule has 1 atom stereocenters. The van der Waals surface area contributed by atoms with Crippen molar-refractivity contribution in [3.05, 3.63) is 0 Å². The van der Waals surface area contributed by atoms with Crippen LogP contribution in [0.4, 0.5) is 0 Å². The molecule has 76 valence electrons. The van der Waals surface area contributed by atoms with E-state index in [0.29, 0.717) is 4.32 Å². The number of nitrogens with zero attached hydrogens (tertiary/aromatic N) is 4. The highest BCUT2D eigenvalue weighted by Crippen LogP contribution is 2.60. The average Bonchev–Trinajstić information content (AvgIpc) is 2.42. The Morgan fingerprint density at radius 3 is 2.86 bits per heavy atom. The monoisotopic (exact) mass is 264 g/mol. The Kier molecular flexibility index (Phi) is 3.14. The summed E-state index contributed by atoms with van der Waals surface area (Å²) in [5.74, 6) is 0. The van der Waals surface area contributed by atoms with E-state index in [0.717, 1.165) is 10.2 Å². The summed E-state index contributed by atoms with van der Waals surface area (Å²) in [6.45, 7) is 1.99. The molecule has 0 aromatic rings. The molecule has 0 fully saturated rings. The smallest absolute Gasteiger partial charge is 0.197 e. The molecule has 0 bridgehead atoms. The third-order valence-electron chi connectivity index (χ3n) is 1.50. The van der Waals surface area contributed by atoms with E-state index in [1.807, 2.05) is 25.8 Å². The number of hydrogen-bond donors (Lipinski definition) is 0. The van der Waals surface area contributed by atoms with Gasteiger partial charge in [-0.15, -0.1) is 0 Å². The Labute approximate surface area is 97.8 Å². The Morgan fingerprint density at radius 2 is 2.21 bits per heavy atom. The number of amidine groups is 1. The molecule has 0 aromatic carbocycles. The average molecular weight is 264 g/mol. The highest BCUT2D eigenvalue weighted by molar-refractivity contribution is 8.64. The first-order valence-electron chi connectivity index (χ1n) is 3.89. The largest absolute Gasteiger partial charge is 0.261 e. The summed E-state index contributed by atoms with van der Waals surface area (Å²) in [7, 11) is 3.55. The number of fused-ring (bicyclic) bond motifs is 1.